The number of morpholine rings is 1. The summed E-state index contributed by atoms with van der Waals surface area (Å²) in [5.74, 6) is 0. The second kappa shape index (κ2) is 9.87. The lowest BCUT2D eigenvalue weighted by Crippen LogP contribution is -2.35. The Morgan fingerprint density at radius 3 is 1.59 bits per heavy atom. The fourth-order valence-corrected chi connectivity index (χ4v) is 5.85. The Kier molecular flexibility index (Phi) is 6.33. The fraction of sp³-hybridized carbons (Fsp3) is 0.355. The van der Waals surface area contributed by atoms with Crippen LogP contribution in [0.25, 0.3) is 32.7 Å². The van der Waals surface area contributed by atoms with E-state index in [1.807, 2.05) is 0 Å². The van der Waals surface area contributed by atoms with Gasteiger partial charge >= 0.3 is 0 Å². The number of fused-ring (bicyclic) bond motifs is 2. The van der Waals surface area contributed by atoms with Gasteiger partial charge in [0.05, 0.1) is 13.2 Å². The highest BCUT2D eigenvalue weighted by Crippen LogP contribution is 2.40. The van der Waals surface area contributed by atoms with E-state index < -0.39 is 0 Å². The van der Waals surface area contributed by atoms with E-state index in [0.717, 1.165) is 39.4 Å². The van der Waals surface area contributed by atoms with Crippen LogP contribution in [0.5, 0.6) is 0 Å². The molecule has 0 atom stereocenters. The van der Waals surface area contributed by atoms with Gasteiger partial charge < -0.3 is 4.74 Å². The van der Waals surface area contributed by atoms with E-state index in [9.17, 15) is 0 Å². The van der Waals surface area contributed by atoms with Crippen molar-refractivity contribution in [3.63, 3.8) is 0 Å². The highest BCUT2D eigenvalue weighted by Gasteiger charge is 2.21. The summed E-state index contributed by atoms with van der Waals surface area (Å²) in [5, 5.41) is 5.38. The van der Waals surface area contributed by atoms with Crippen LogP contribution >= 0.6 is 0 Å². The van der Waals surface area contributed by atoms with E-state index in [4.69, 9.17) is 4.74 Å². The summed E-state index contributed by atoms with van der Waals surface area (Å²) in [5.41, 5.74) is 5.74. The number of nitrogens with zero attached hydrogens (tertiary/aromatic N) is 2. The summed E-state index contributed by atoms with van der Waals surface area (Å²) in [6.07, 6.45) is 4.01. The third kappa shape index (κ3) is 4.36. The van der Waals surface area contributed by atoms with Crippen molar-refractivity contribution in [3.8, 4) is 11.1 Å². The zero-order chi connectivity index (χ0) is 22.7. The van der Waals surface area contributed by atoms with Crippen LogP contribution in [0.1, 0.15) is 30.4 Å². The molecule has 0 spiro atoms. The van der Waals surface area contributed by atoms with Gasteiger partial charge in [-0.1, -0.05) is 79.2 Å². The minimum absolute atomic E-state index is 0.831. The first-order valence-corrected chi connectivity index (χ1v) is 12.9. The number of piperidine rings is 1. The summed E-state index contributed by atoms with van der Waals surface area (Å²) >= 11 is 0. The zero-order valence-electron chi connectivity index (χ0n) is 20.0. The van der Waals surface area contributed by atoms with Crippen LogP contribution < -0.4 is 0 Å². The maximum Gasteiger partial charge on any atom is 0.0594 e. The first-order valence-electron chi connectivity index (χ1n) is 12.9. The first kappa shape index (κ1) is 21.8. The van der Waals surface area contributed by atoms with E-state index in [2.05, 4.69) is 82.6 Å². The van der Waals surface area contributed by atoms with Crippen LogP contribution in [0.2, 0.25) is 0 Å². The average molecular weight is 451 g/mol. The molecule has 0 unspecified atom stereocenters. The number of rotatable bonds is 5. The molecular formula is C31H34N2O. The number of hydrogen-bond donors (Lipinski definition) is 0. The van der Waals surface area contributed by atoms with E-state index in [0.29, 0.717) is 0 Å². The topological polar surface area (TPSA) is 15.7 Å². The molecule has 0 N–H and O–H groups in total. The molecule has 0 aromatic heterocycles. The van der Waals surface area contributed by atoms with Crippen LogP contribution in [-0.2, 0) is 17.8 Å². The van der Waals surface area contributed by atoms with Gasteiger partial charge in [-0.25, -0.2) is 0 Å². The Morgan fingerprint density at radius 1 is 0.529 bits per heavy atom. The highest BCUT2D eigenvalue weighted by molar-refractivity contribution is 6.07. The summed E-state index contributed by atoms with van der Waals surface area (Å²) in [4.78, 5) is 5.20. The van der Waals surface area contributed by atoms with Crippen LogP contribution in [0.15, 0.2) is 72.8 Å². The van der Waals surface area contributed by atoms with Crippen molar-refractivity contribution in [3.05, 3.63) is 83.9 Å². The maximum absolute atomic E-state index is 5.64. The minimum atomic E-state index is 0.831. The molecule has 0 bridgehead atoms. The predicted octanol–water partition coefficient (Wildman–Crippen LogP) is 6.48. The number of benzene rings is 4. The van der Waals surface area contributed by atoms with Gasteiger partial charge in [-0.05, 0) is 69.7 Å². The standard InChI is InChI=1S/C31H34N2O/c1-6-16-32(17-7-1)22-26-14-12-24-8-2-4-10-28(24)30(26)31-27(23-33-18-20-34-21-19-33)15-13-25-9-3-5-11-29(25)31/h2-5,8-15H,1,6-7,16-23H2. The molecule has 3 heteroatoms. The molecule has 2 saturated heterocycles. The molecule has 3 nitrogen and oxygen atoms in total. The highest BCUT2D eigenvalue weighted by atomic mass is 16.5. The van der Waals surface area contributed by atoms with Crippen molar-refractivity contribution in [2.45, 2.75) is 32.4 Å². The van der Waals surface area contributed by atoms with E-state index in [1.54, 1.807) is 0 Å². The van der Waals surface area contributed by atoms with Crippen molar-refractivity contribution in [1.29, 1.82) is 0 Å². The second-order valence-corrected chi connectivity index (χ2v) is 9.87. The molecule has 6 rings (SSSR count). The average Bonchev–Trinajstić information content (AvgIpc) is 2.90. The second-order valence-electron chi connectivity index (χ2n) is 9.87. The SMILES string of the molecule is c1ccc2c(-c3c(CN4CCOCC4)ccc4ccccc34)c(CN3CCCCC3)ccc2c1. The zero-order valence-corrected chi connectivity index (χ0v) is 20.0. The van der Waals surface area contributed by atoms with Crippen LogP contribution in [0.3, 0.4) is 0 Å². The van der Waals surface area contributed by atoms with Gasteiger partial charge in [0.1, 0.15) is 0 Å². The third-order valence-electron chi connectivity index (χ3n) is 7.62. The normalized spacial score (nSPS) is 18.0. The minimum Gasteiger partial charge on any atom is -0.379 e. The lowest BCUT2D eigenvalue weighted by molar-refractivity contribution is 0.0343. The molecule has 2 heterocycles. The first-order chi connectivity index (χ1) is 16.9. The lowest BCUT2D eigenvalue weighted by Gasteiger charge is -2.30. The number of ether oxygens (including phenoxy) is 1. The van der Waals surface area contributed by atoms with Gasteiger partial charge in [-0.2, -0.15) is 0 Å². The van der Waals surface area contributed by atoms with E-state index >= 15 is 0 Å². The van der Waals surface area contributed by atoms with E-state index in [1.165, 1.54) is 76.2 Å². The third-order valence-corrected chi connectivity index (χ3v) is 7.62. The molecule has 0 amide bonds. The Balaban J connectivity index is 1.56. The molecule has 0 aliphatic carbocycles. The summed E-state index contributed by atoms with van der Waals surface area (Å²) in [7, 11) is 0. The molecule has 0 radical (unpaired) electrons. The monoisotopic (exact) mass is 450 g/mol. The number of likely N-dealkylation sites (tertiary alicyclic amines) is 1. The summed E-state index contributed by atoms with van der Waals surface area (Å²) in [6, 6.07) is 27.3. The van der Waals surface area contributed by atoms with Crippen LogP contribution in [0, 0.1) is 0 Å². The molecule has 0 saturated carbocycles. The Hall–Kier alpha value is -2.72. The lowest BCUT2D eigenvalue weighted by atomic mass is 9.86. The van der Waals surface area contributed by atoms with Crippen molar-refractivity contribution in [1.82, 2.24) is 9.80 Å². The Morgan fingerprint density at radius 2 is 1.03 bits per heavy atom. The smallest absolute Gasteiger partial charge is 0.0594 e. The van der Waals surface area contributed by atoms with Crippen molar-refractivity contribution in [2.75, 3.05) is 39.4 Å². The van der Waals surface area contributed by atoms with Crippen molar-refractivity contribution < 1.29 is 4.74 Å². The molecule has 34 heavy (non-hydrogen) atoms. The maximum atomic E-state index is 5.64. The Bertz CT molecular complexity index is 1180. The van der Waals surface area contributed by atoms with Gasteiger partial charge in [-0.3, -0.25) is 9.80 Å². The summed E-state index contributed by atoms with van der Waals surface area (Å²) < 4.78 is 5.64. The number of hydrogen-bond acceptors (Lipinski definition) is 3. The van der Waals surface area contributed by atoms with Gasteiger partial charge in [0.25, 0.3) is 0 Å². The molecule has 2 aliphatic rings. The molecular weight excluding hydrogens is 416 g/mol. The van der Waals surface area contributed by atoms with Crippen molar-refractivity contribution >= 4 is 21.5 Å². The quantitative estimate of drug-likeness (QED) is 0.346. The predicted molar refractivity (Wildman–Crippen MR) is 142 cm³/mol. The molecule has 2 aliphatic heterocycles. The van der Waals surface area contributed by atoms with Gasteiger partial charge in [0.2, 0.25) is 0 Å². The molecule has 4 aromatic carbocycles. The van der Waals surface area contributed by atoms with Crippen LogP contribution in [-0.4, -0.2) is 49.2 Å². The van der Waals surface area contributed by atoms with Crippen LogP contribution in [0.4, 0.5) is 0 Å². The summed E-state index contributed by atoms with van der Waals surface area (Å²) in [6.45, 7) is 8.08. The largest absolute Gasteiger partial charge is 0.379 e. The Labute approximate surface area is 202 Å². The van der Waals surface area contributed by atoms with Gasteiger partial charge in [0.15, 0.2) is 0 Å². The molecule has 2 fully saturated rings. The van der Waals surface area contributed by atoms with Gasteiger partial charge in [0, 0.05) is 26.2 Å². The fourth-order valence-electron chi connectivity index (χ4n) is 5.85. The van der Waals surface area contributed by atoms with Crippen molar-refractivity contribution in [2.24, 2.45) is 0 Å². The molecule has 4 aromatic rings. The van der Waals surface area contributed by atoms with Gasteiger partial charge in [-0.15, -0.1) is 0 Å². The van der Waals surface area contributed by atoms with E-state index in [-0.39, 0.29) is 0 Å². The molecule has 174 valence electrons.